The smallest absolute Gasteiger partial charge is 0.387 e. The number of carbonyl (C=O) groups excluding carboxylic acids is 1. The van der Waals surface area contributed by atoms with Gasteiger partial charge in [-0.25, -0.2) is 0 Å². The Balaban J connectivity index is 2.38. The monoisotopic (exact) mass is 263 g/mol. The zero-order valence-corrected chi connectivity index (χ0v) is 10.1. The van der Waals surface area contributed by atoms with Crippen molar-refractivity contribution in [3.05, 3.63) is 59.4 Å². The van der Waals surface area contributed by atoms with Crippen molar-refractivity contribution in [3.63, 3.8) is 0 Å². The van der Waals surface area contributed by atoms with Crippen LogP contribution in [0.3, 0.4) is 0 Å². The quantitative estimate of drug-likeness (QED) is 0.795. The number of carbonyl (C=O) groups is 1. The maximum absolute atomic E-state index is 12.2. The van der Waals surface area contributed by atoms with E-state index in [0.717, 1.165) is 0 Å². The Hall–Kier alpha value is -2.30. The molecule has 0 amide bonds. The number of rotatable bonds is 4. The van der Waals surface area contributed by atoms with Crippen molar-refractivity contribution >= 4 is 5.78 Å². The van der Waals surface area contributed by atoms with E-state index in [0.29, 0.717) is 16.7 Å². The summed E-state index contributed by atoms with van der Waals surface area (Å²) in [6, 6.07) is 7.75. The van der Waals surface area contributed by atoms with Crippen LogP contribution in [0.1, 0.15) is 21.5 Å². The summed E-state index contributed by atoms with van der Waals surface area (Å²) in [7, 11) is 0. The van der Waals surface area contributed by atoms with Crippen LogP contribution in [0.25, 0.3) is 0 Å². The molecule has 0 N–H and O–H groups in total. The van der Waals surface area contributed by atoms with Crippen molar-refractivity contribution in [2.45, 2.75) is 13.5 Å². The molecule has 0 spiro atoms. The number of ether oxygens (including phenoxy) is 1. The zero-order chi connectivity index (χ0) is 13.8. The average molecular weight is 263 g/mol. The molecule has 0 aliphatic rings. The number of hydrogen-bond donors (Lipinski definition) is 0. The van der Waals surface area contributed by atoms with E-state index in [4.69, 9.17) is 0 Å². The molecule has 0 fully saturated rings. The lowest BCUT2D eigenvalue weighted by atomic mass is 9.99. The number of nitrogens with zero attached hydrogens (tertiary/aromatic N) is 1. The van der Waals surface area contributed by atoms with Crippen molar-refractivity contribution in [1.82, 2.24) is 4.98 Å². The van der Waals surface area contributed by atoms with Gasteiger partial charge in [0.05, 0.1) is 0 Å². The summed E-state index contributed by atoms with van der Waals surface area (Å²) in [5.41, 5.74) is 1.11. The van der Waals surface area contributed by atoms with E-state index in [1.54, 1.807) is 31.3 Å². The van der Waals surface area contributed by atoms with Gasteiger partial charge < -0.3 is 4.74 Å². The minimum Gasteiger partial charge on any atom is -0.435 e. The van der Waals surface area contributed by atoms with Gasteiger partial charge in [-0.05, 0) is 25.1 Å². The fourth-order valence-electron chi connectivity index (χ4n) is 1.74. The first kappa shape index (κ1) is 13.1. The topological polar surface area (TPSA) is 39.2 Å². The maximum Gasteiger partial charge on any atom is 0.387 e. The number of pyridine rings is 1. The third-order valence-electron chi connectivity index (χ3n) is 2.67. The highest BCUT2D eigenvalue weighted by Gasteiger charge is 2.16. The van der Waals surface area contributed by atoms with Crippen LogP contribution in [0.5, 0.6) is 5.75 Å². The SMILES string of the molecule is Cc1c(OC(F)F)cccc1C(=O)c1cccnc1. The second-order valence-corrected chi connectivity index (χ2v) is 3.88. The first-order valence-corrected chi connectivity index (χ1v) is 5.58. The van der Waals surface area contributed by atoms with Crippen LogP contribution in [0, 0.1) is 6.92 Å². The molecule has 0 unspecified atom stereocenters. The number of aromatic nitrogens is 1. The van der Waals surface area contributed by atoms with Crippen LogP contribution in [0.15, 0.2) is 42.7 Å². The Bertz CT molecular complexity index is 585. The largest absolute Gasteiger partial charge is 0.435 e. The highest BCUT2D eigenvalue weighted by atomic mass is 19.3. The van der Waals surface area contributed by atoms with Gasteiger partial charge in [-0.3, -0.25) is 9.78 Å². The van der Waals surface area contributed by atoms with Gasteiger partial charge in [0, 0.05) is 29.1 Å². The van der Waals surface area contributed by atoms with E-state index in [2.05, 4.69) is 9.72 Å². The summed E-state index contributed by atoms with van der Waals surface area (Å²) in [4.78, 5) is 16.1. The molecular formula is C14H11F2NO2. The third-order valence-corrected chi connectivity index (χ3v) is 2.67. The van der Waals surface area contributed by atoms with Crippen molar-refractivity contribution in [2.75, 3.05) is 0 Å². The number of halogens is 2. The lowest BCUT2D eigenvalue weighted by Crippen LogP contribution is -2.08. The van der Waals surface area contributed by atoms with E-state index < -0.39 is 6.61 Å². The number of hydrogen-bond acceptors (Lipinski definition) is 3. The Morgan fingerprint density at radius 1 is 1.26 bits per heavy atom. The summed E-state index contributed by atoms with van der Waals surface area (Å²) in [5.74, 6) is -0.268. The molecule has 0 radical (unpaired) electrons. The average Bonchev–Trinajstić information content (AvgIpc) is 2.41. The van der Waals surface area contributed by atoms with Gasteiger partial charge in [0.1, 0.15) is 5.75 Å². The van der Waals surface area contributed by atoms with E-state index in [1.807, 2.05) is 0 Å². The van der Waals surface area contributed by atoms with E-state index in [-0.39, 0.29) is 11.5 Å². The van der Waals surface area contributed by atoms with Gasteiger partial charge in [0.2, 0.25) is 0 Å². The Morgan fingerprint density at radius 3 is 2.68 bits per heavy atom. The highest BCUT2D eigenvalue weighted by Crippen LogP contribution is 2.24. The Morgan fingerprint density at radius 2 is 2.05 bits per heavy atom. The zero-order valence-electron chi connectivity index (χ0n) is 10.1. The minimum absolute atomic E-state index is 0.00439. The third kappa shape index (κ3) is 2.93. The van der Waals surface area contributed by atoms with Gasteiger partial charge in [0.15, 0.2) is 5.78 Å². The molecule has 2 aromatic rings. The first-order chi connectivity index (χ1) is 9.09. The second kappa shape index (κ2) is 5.56. The molecule has 98 valence electrons. The normalized spacial score (nSPS) is 10.5. The predicted octanol–water partition coefficient (Wildman–Crippen LogP) is 3.22. The van der Waals surface area contributed by atoms with Crippen molar-refractivity contribution in [1.29, 1.82) is 0 Å². The van der Waals surface area contributed by atoms with Crippen molar-refractivity contribution in [3.8, 4) is 5.75 Å². The van der Waals surface area contributed by atoms with Crippen LogP contribution < -0.4 is 4.74 Å². The number of ketones is 1. The molecule has 0 bridgehead atoms. The second-order valence-electron chi connectivity index (χ2n) is 3.88. The van der Waals surface area contributed by atoms with Crippen LogP contribution in [0.4, 0.5) is 8.78 Å². The van der Waals surface area contributed by atoms with Crippen LogP contribution in [-0.2, 0) is 0 Å². The number of benzene rings is 1. The molecule has 1 heterocycles. The highest BCUT2D eigenvalue weighted by molar-refractivity contribution is 6.10. The van der Waals surface area contributed by atoms with E-state index in [1.165, 1.54) is 18.3 Å². The van der Waals surface area contributed by atoms with Gasteiger partial charge in [-0.2, -0.15) is 8.78 Å². The standard InChI is InChI=1S/C14H11F2NO2/c1-9-11(5-2-6-12(9)19-14(15)16)13(18)10-4-3-7-17-8-10/h2-8,14H,1H3. The lowest BCUT2D eigenvalue weighted by Gasteiger charge is -2.11. The summed E-state index contributed by atoms with van der Waals surface area (Å²) in [6.07, 6.45) is 2.99. The van der Waals surface area contributed by atoms with Gasteiger partial charge in [0.25, 0.3) is 0 Å². The molecule has 3 nitrogen and oxygen atoms in total. The minimum atomic E-state index is -2.91. The number of alkyl halides is 2. The molecule has 2 rings (SSSR count). The van der Waals surface area contributed by atoms with Crippen molar-refractivity contribution in [2.24, 2.45) is 0 Å². The molecule has 0 aliphatic heterocycles. The molecule has 19 heavy (non-hydrogen) atoms. The Kier molecular flexibility index (Phi) is 3.85. The van der Waals surface area contributed by atoms with Gasteiger partial charge >= 0.3 is 6.61 Å². The van der Waals surface area contributed by atoms with Gasteiger partial charge in [-0.15, -0.1) is 0 Å². The van der Waals surface area contributed by atoms with E-state index in [9.17, 15) is 13.6 Å². The predicted molar refractivity (Wildman–Crippen MR) is 65.5 cm³/mol. The fraction of sp³-hybridized carbons (Fsp3) is 0.143. The fourth-order valence-corrected chi connectivity index (χ4v) is 1.74. The summed E-state index contributed by atoms with van der Waals surface area (Å²) < 4.78 is 28.8. The van der Waals surface area contributed by atoms with Crippen LogP contribution in [0.2, 0.25) is 0 Å². The van der Waals surface area contributed by atoms with Crippen LogP contribution >= 0.6 is 0 Å². The van der Waals surface area contributed by atoms with E-state index >= 15 is 0 Å². The molecule has 5 heteroatoms. The lowest BCUT2D eigenvalue weighted by molar-refractivity contribution is -0.0503. The molecule has 1 aromatic carbocycles. The molecule has 0 saturated heterocycles. The first-order valence-electron chi connectivity index (χ1n) is 5.58. The van der Waals surface area contributed by atoms with Crippen molar-refractivity contribution < 1.29 is 18.3 Å². The maximum atomic E-state index is 12.2. The summed E-state index contributed by atoms with van der Waals surface area (Å²) in [6.45, 7) is -1.34. The molecule has 0 aliphatic carbocycles. The summed E-state index contributed by atoms with van der Waals surface area (Å²) in [5, 5.41) is 0. The molecule has 1 aromatic heterocycles. The Labute approximate surface area is 108 Å². The van der Waals surface area contributed by atoms with Crippen LogP contribution in [-0.4, -0.2) is 17.4 Å². The summed E-state index contributed by atoms with van der Waals surface area (Å²) >= 11 is 0. The molecular weight excluding hydrogens is 252 g/mol. The molecule has 0 saturated carbocycles. The van der Waals surface area contributed by atoms with Gasteiger partial charge in [-0.1, -0.05) is 12.1 Å². The molecule has 0 atom stereocenters.